The van der Waals surface area contributed by atoms with Crippen LogP contribution in [0.3, 0.4) is 0 Å². The molecule has 4 heteroatoms. The van der Waals surface area contributed by atoms with E-state index in [0.717, 1.165) is 11.2 Å². The summed E-state index contributed by atoms with van der Waals surface area (Å²) in [6.07, 6.45) is 2.13. The van der Waals surface area contributed by atoms with Crippen molar-refractivity contribution < 1.29 is 0 Å². The van der Waals surface area contributed by atoms with Crippen molar-refractivity contribution in [3.05, 3.63) is 170 Å². The predicted molar refractivity (Wildman–Crippen MR) is 231 cm³/mol. The normalized spacial score (nSPS) is 12.7. The molecule has 0 saturated carbocycles. The Hall–Kier alpha value is -7.43. The van der Waals surface area contributed by atoms with Crippen LogP contribution in [0.15, 0.2) is 170 Å². The number of aromatic nitrogens is 4. The van der Waals surface area contributed by atoms with Gasteiger partial charge in [-0.25, -0.2) is 4.98 Å². The van der Waals surface area contributed by atoms with E-state index in [4.69, 9.17) is 4.98 Å². The molecule has 0 radical (unpaired) electrons. The summed E-state index contributed by atoms with van der Waals surface area (Å²) in [5.41, 5.74) is 13.1. The van der Waals surface area contributed by atoms with E-state index in [0.29, 0.717) is 0 Å². The lowest BCUT2D eigenvalue weighted by atomic mass is 9.99. The third-order valence-electron chi connectivity index (χ3n) is 12.5. The van der Waals surface area contributed by atoms with Crippen LogP contribution < -0.4 is 0 Å². The van der Waals surface area contributed by atoms with Crippen molar-refractivity contribution in [3.63, 3.8) is 0 Å². The van der Waals surface area contributed by atoms with Gasteiger partial charge < -0.3 is 8.97 Å². The number of pyridine rings is 1. The van der Waals surface area contributed by atoms with E-state index in [1.54, 1.807) is 0 Å². The van der Waals surface area contributed by atoms with Crippen LogP contribution in [-0.4, -0.2) is 18.4 Å². The van der Waals surface area contributed by atoms with Crippen LogP contribution in [0.4, 0.5) is 0 Å². The molecule has 0 spiro atoms. The van der Waals surface area contributed by atoms with Gasteiger partial charge in [0.25, 0.3) is 0 Å². The van der Waals surface area contributed by atoms with Gasteiger partial charge in [-0.3, -0.25) is 4.40 Å². The lowest BCUT2D eigenvalue weighted by Gasteiger charge is -2.09. The van der Waals surface area contributed by atoms with E-state index in [2.05, 4.69) is 183 Å². The number of fused-ring (bicyclic) bond motifs is 18. The number of nitrogens with zero attached hydrogens (tertiary/aromatic N) is 4. The average Bonchev–Trinajstić information content (AvgIpc) is 4.04. The lowest BCUT2D eigenvalue weighted by Crippen LogP contribution is -1.93. The molecule has 0 atom stereocenters. The number of benzene rings is 8. The van der Waals surface area contributed by atoms with E-state index < -0.39 is 0 Å². The molecular weight excluding hydrogens is 669 g/mol. The summed E-state index contributed by atoms with van der Waals surface area (Å²) in [4.78, 5) is 5.38. The Morgan fingerprint density at radius 3 is 1.87 bits per heavy atom. The van der Waals surface area contributed by atoms with Crippen LogP contribution in [-0.2, 0) is 0 Å². The number of rotatable bonds is 2. The highest BCUT2D eigenvalue weighted by Gasteiger charge is 2.26. The smallest absolute Gasteiger partial charge is 0.146 e. The molecule has 0 saturated heterocycles. The Morgan fingerprint density at radius 2 is 1.00 bits per heavy atom. The average molecular weight is 697 g/mol. The maximum atomic E-state index is 5.38. The number of para-hydroxylation sites is 5. The Kier molecular flexibility index (Phi) is 4.99. The first-order chi connectivity index (χ1) is 27.3. The minimum absolute atomic E-state index is 1.02. The largest absolute Gasteiger partial charge is 0.309 e. The van der Waals surface area contributed by atoms with Gasteiger partial charge in [0.2, 0.25) is 0 Å². The maximum Gasteiger partial charge on any atom is 0.146 e. The van der Waals surface area contributed by atoms with Crippen molar-refractivity contribution in [2.45, 2.75) is 0 Å². The second-order valence-corrected chi connectivity index (χ2v) is 15.1. The van der Waals surface area contributed by atoms with Gasteiger partial charge in [0.1, 0.15) is 5.65 Å². The molecule has 6 aromatic heterocycles. The molecule has 0 aliphatic rings. The minimum Gasteiger partial charge on any atom is -0.309 e. The maximum absolute atomic E-state index is 5.38. The summed E-state index contributed by atoms with van der Waals surface area (Å²) in [7, 11) is 0. The molecule has 0 unspecified atom stereocenters. The van der Waals surface area contributed by atoms with Crippen molar-refractivity contribution in [3.8, 4) is 16.8 Å². The van der Waals surface area contributed by atoms with Crippen LogP contribution in [0.5, 0.6) is 0 Å². The Labute approximate surface area is 313 Å². The van der Waals surface area contributed by atoms with Crippen LogP contribution in [0.2, 0.25) is 0 Å². The van der Waals surface area contributed by atoms with Crippen LogP contribution in [0.1, 0.15) is 0 Å². The van der Waals surface area contributed by atoms with E-state index in [9.17, 15) is 0 Å². The van der Waals surface area contributed by atoms with E-state index in [1.807, 2.05) is 0 Å². The van der Waals surface area contributed by atoms with E-state index in [-0.39, 0.29) is 0 Å². The molecular formula is C51H28N4. The standard InChI is InChI=1S/C51H28N4/c1-2-12-31(13-3-1)53-41-22-7-6-15-34(41)40-27-30(24-25-42(40)53)33-16-8-17-35-36-18-9-20-38-46-44(54(48(33)35)49(36)38)28-52-51-47(46)39-21-10-19-37-45-32-14-5-4-11-29(32)23-26-43(45)55(51)50(37)39/h1-28H. The lowest BCUT2D eigenvalue weighted by molar-refractivity contribution is 1.18. The summed E-state index contributed by atoms with van der Waals surface area (Å²) in [5, 5.41) is 15.2. The molecule has 252 valence electrons. The quantitative estimate of drug-likeness (QED) is 0.177. The molecule has 8 aromatic carbocycles. The highest BCUT2D eigenvalue weighted by Crippen LogP contribution is 2.48. The topological polar surface area (TPSA) is 26.6 Å². The van der Waals surface area contributed by atoms with Gasteiger partial charge in [0.05, 0.1) is 44.8 Å². The fourth-order valence-electron chi connectivity index (χ4n) is 10.4. The Balaban J connectivity index is 1.10. The van der Waals surface area contributed by atoms with Gasteiger partial charge in [-0.05, 0) is 52.7 Å². The second-order valence-electron chi connectivity index (χ2n) is 15.1. The fraction of sp³-hybridized carbons (Fsp3) is 0. The fourth-order valence-corrected chi connectivity index (χ4v) is 10.4. The monoisotopic (exact) mass is 696 g/mol. The molecule has 0 aliphatic heterocycles. The minimum atomic E-state index is 1.02. The van der Waals surface area contributed by atoms with Gasteiger partial charge in [0, 0.05) is 65.1 Å². The molecule has 0 bridgehead atoms. The molecule has 0 amide bonds. The van der Waals surface area contributed by atoms with Crippen molar-refractivity contribution in [1.29, 1.82) is 0 Å². The first-order valence-corrected chi connectivity index (χ1v) is 19.0. The SMILES string of the molecule is c1ccc(-n2c3ccccc3c3cc(-c4cccc5c6cccc7c8c9c%10cccc%11c%12c%13ccccc%13ccc%12n(c9ncc8n(c45)c67)c%11%10)ccc32)cc1. The first kappa shape index (κ1) is 28.1. The molecule has 14 aromatic rings. The molecule has 14 rings (SSSR count). The second kappa shape index (κ2) is 9.75. The highest BCUT2D eigenvalue weighted by molar-refractivity contribution is 6.36. The van der Waals surface area contributed by atoms with Gasteiger partial charge in [-0.2, -0.15) is 0 Å². The summed E-state index contributed by atoms with van der Waals surface area (Å²) < 4.78 is 7.31. The van der Waals surface area contributed by atoms with E-state index in [1.165, 1.54) is 115 Å². The third kappa shape index (κ3) is 3.29. The highest BCUT2D eigenvalue weighted by atomic mass is 15.0. The van der Waals surface area contributed by atoms with Gasteiger partial charge in [0.15, 0.2) is 0 Å². The number of hydrogen-bond acceptors (Lipinski definition) is 1. The zero-order chi connectivity index (χ0) is 35.5. The van der Waals surface area contributed by atoms with E-state index >= 15 is 0 Å². The summed E-state index contributed by atoms with van der Waals surface area (Å²) in [6.45, 7) is 0. The first-order valence-electron chi connectivity index (χ1n) is 19.0. The van der Waals surface area contributed by atoms with Crippen molar-refractivity contribution in [2.24, 2.45) is 0 Å². The zero-order valence-corrected chi connectivity index (χ0v) is 29.5. The summed E-state index contributed by atoms with van der Waals surface area (Å²) in [5.74, 6) is 0. The van der Waals surface area contributed by atoms with Crippen molar-refractivity contribution >= 4 is 109 Å². The summed E-state index contributed by atoms with van der Waals surface area (Å²) >= 11 is 0. The van der Waals surface area contributed by atoms with Crippen LogP contribution >= 0.6 is 0 Å². The van der Waals surface area contributed by atoms with Crippen LogP contribution in [0, 0.1) is 0 Å². The van der Waals surface area contributed by atoms with Crippen LogP contribution in [0.25, 0.3) is 126 Å². The predicted octanol–water partition coefficient (Wildman–Crippen LogP) is 13.3. The Morgan fingerprint density at radius 1 is 0.364 bits per heavy atom. The molecule has 55 heavy (non-hydrogen) atoms. The molecule has 6 heterocycles. The summed E-state index contributed by atoms with van der Waals surface area (Å²) in [6, 6.07) is 60.2. The number of hydrogen-bond donors (Lipinski definition) is 0. The van der Waals surface area contributed by atoms with Gasteiger partial charge in [-0.15, -0.1) is 0 Å². The molecule has 0 aliphatic carbocycles. The zero-order valence-electron chi connectivity index (χ0n) is 29.5. The van der Waals surface area contributed by atoms with Gasteiger partial charge >= 0.3 is 0 Å². The third-order valence-corrected chi connectivity index (χ3v) is 12.5. The van der Waals surface area contributed by atoms with Crippen molar-refractivity contribution in [2.75, 3.05) is 0 Å². The molecule has 0 N–H and O–H groups in total. The molecule has 4 nitrogen and oxygen atoms in total. The van der Waals surface area contributed by atoms with Gasteiger partial charge in [-0.1, -0.05) is 127 Å². The Bertz CT molecular complexity index is 3940. The molecule has 0 fully saturated rings. The van der Waals surface area contributed by atoms with Crippen molar-refractivity contribution in [1.82, 2.24) is 18.4 Å².